The molecule has 0 amide bonds. The average Bonchev–Trinajstić information content (AvgIpc) is 2.69. The maximum absolute atomic E-state index is 9.13. The van der Waals surface area contributed by atoms with Crippen molar-refractivity contribution in [2.24, 2.45) is 7.05 Å². The molecule has 2 aromatic rings. The maximum Gasteiger partial charge on any atom is 0.0955 e. The summed E-state index contributed by atoms with van der Waals surface area (Å²) in [6, 6.07) is 6.28. The molecule has 0 saturated heterocycles. The molecular weight excluding hydrogens is 226 g/mol. The molecule has 0 atom stereocenters. The topological polar surface area (TPSA) is 41.3 Å². The minimum Gasteiger partial charge on any atom is -0.396 e. The minimum atomic E-state index is -0.0722. The summed E-state index contributed by atoms with van der Waals surface area (Å²) in [6.07, 6.45) is 2.57. The van der Waals surface area contributed by atoms with E-state index in [1.54, 1.807) is 0 Å². The first-order valence-electron chi connectivity index (χ1n) is 6.21. The molecule has 0 aliphatic heterocycles. The van der Waals surface area contributed by atoms with Crippen molar-refractivity contribution in [1.29, 1.82) is 0 Å². The normalized spacial score (nSPS) is 12.1. The molecule has 0 saturated carbocycles. The predicted octanol–water partition coefficient (Wildman–Crippen LogP) is 2.17. The van der Waals surface area contributed by atoms with Crippen molar-refractivity contribution in [3.8, 4) is 0 Å². The molecule has 0 unspecified atom stereocenters. The number of aliphatic hydroxyl groups excluding tert-OH is 1. The van der Waals surface area contributed by atoms with Crippen LogP contribution < -0.4 is 4.90 Å². The van der Waals surface area contributed by atoms with E-state index in [-0.39, 0.29) is 12.1 Å². The van der Waals surface area contributed by atoms with Crippen LogP contribution in [0.2, 0.25) is 0 Å². The second kappa shape index (κ2) is 4.61. The number of aliphatic hydroxyl groups is 1. The van der Waals surface area contributed by atoms with Gasteiger partial charge in [-0.1, -0.05) is 0 Å². The van der Waals surface area contributed by atoms with E-state index in [0.717, 1.165) is 23.1 Å². The Labute approximate surface area is 108 Å². The number of benzene rings is 1. The number of hydrogen-bond acceptors (Lipinski definition) is 3. The minimum absolute atomic E-state index is 0.0722. The Balaban J connectivity index is 2.36. The van der Waals surface area contributed by atoms with Crippen molar-refractivity contribution in [1.82, 2.24) is 9.55 Å². The lowest BCUT2D eigenvalue weighted by molar-refractivity contribution is 0.250. The molecule has 2 rings (SSSR count). The molecule has 0 aliphatic carbocycles. The van der Waals surface area contributed by atoms with E-state index < -0.39 is 0 Å². The van der Waals surface area contributed by atoms with Gasteiger partial charge in [-0.3, -0.25) is 0 Å². The first kappa shape index (κ1) is 12.9. The van der Waals surface area contributed by atoms with Crippen molar-refractivity contribution < 1.29 is 5.11 Å². The largest absolute Gasteiger partial charge is 0.396 e. The van der Waals surface area contributed by atoms with E-state index in [4.69, 9.17) is 5.11 Å². The third-order valence-corrected chi connectivity index (χ3v) is 3.73. The number of aromatic nitrogens is 2. The van der Waals surface area contributed by atoms with Crippen molar-refractivity contribution in [2.45, 2.75) is 25.8 Å². The van der Waals surface area contributed by atoms with Crippen LogP contribution in [-0.2, 0) is 7.05 Å². The van der Waals surface area contributed by atoms with Gasteiger partial charge >= 0.3 is 0 Å². The van der Waals surface area contributed by atoms with Crippen LogP contribution in [-0.4, -0.2) is 33.9 Å². The summed E-state index contributed by atoms with van der Waals surface area (Å²) >= 11 is 0. The number of nitrogens with zero attached hydrogens (tertiary/aromatic N) is 3. The molecular formula is C14H21N3O. The van der Waals surface area contributed by atoms with Gasteiger partial charge in [-0.2, -0.15) is 0 Å². The van der Waals surface area contributed by atoms with Crippen LogP contribution in [0.15, 0.2) is 24.5 Å². The third kappa shape index (κ3) is 2.20. The fourth-order valence-electron chi connectivity index (χ4n) is 2.12. The van der Waals surface area contributed by atoms with E-state index in [0.29, 0.717) is 0 Å². The molecule has 0 fully saturated rings. The van der Waals surface area contributed by atoms with E-state index >= 15 is 0 Å². The lowest BCUT2D eigenvalue weighted by Crippen LogP contribution is -2.41. The highest BCUT2D eigenvalue weighted by Crippen LogP contribution is 2.27. The lowest BCUT2D eigenvalue weighted by atomic mass is 9.98. The van der Waals surface area contributed by atoms with Crippen LogP contribution in [0.4, 0.5) is 5.69 Å². The van der Waals surface area contributed by atoms with Crippen LogP contribution in [0.25, 0.3) is 11.0 Å². The van der Waals surface area contributed by atoms with Crippen LogP contribution >= 0.6 is 0 Å². The van der Waals surface area contributed by atoms with Gasteiger partial charge < -0.3 is 14.6 Å². The van der Waals surface area contributed by atoms with Crippen molar-refractivity contribution in [3.05, 3.63) is 24.5 Å². The maximum atomic E-state index is 9.13. The molecule has 1 aromatic heterocycles. The average molecular weight is 247 g/mol. The fraction of sp³-hybridized carbons (Fsp3) is 0.500. The van der Waals surface area contributed by atoms with E-state index in [1.165, 1.54) is 0 Å². The zero-order valence-electron chi connectivity index (χ0n) is 11.5. The van der Waals surface area contributed by atoms with Gasteiger partial charge in [-0.05, 0) is 38.5 Å². The second-order valence-electron chi connectivity index (χ2n) is 5.37. The first-order chi connectivity index (χ1) is 8.45. The van der Waals surface area contributed by atoms with E-state index in [1.807, 2.05) is 17.9 Å². The molecule has 18 heavy (non-hydrogen) atoms. The van der Waals surface area contributed by atoms with Gasteiger partial charge in [0.05, 0.1) is 17.4 Å². The summed E-state index contributed by atoms with van der Waals surface area (Å²) in [7, 11) is 4.05. The Morgan fingerprint density at radius 3 is 2.78 bits per heavy atom. The summed E-state index contributed by atoms with van der Waals surface area (Å²) in [5, 5.41) is 9.13. The zero-order chi connectivity index (χ0) is 13.3. The van der Waals surface area contributed by atoms with Gasteiger partial charge in [0.15, 0.2) is 0 Å². The molecule has 4 nitrogen and oxygen atoms in total. The van der Waals surface area contributed by atoms with Gasteiger partial charge in [-0.15, -0.1) is 0 Å². The highest BCUT2D eigenvalue weighted by molar-refractivity contribution is 5.79. The fourth-order valence-corrected chi connectivity index (χ4v) is 2.12. The molecule has 0 bridgehead atoms. The molecule has 1 heterocycles. The first-order valence-corrected chi connectivity index (χ1v) is 6.21. The summed E-state index contributed by atoms with van der Waals surface area (Å²) < 4.78 is 2.01. The third-order valence-electron chi connectivity index (χ3n) is 3.73. The highest BCUT2D eigenvalue weighted by Gasteiger charge is 2.23. The SMILES string of the molecule is CN(c1ccc2c(c1)ncn2C)C(C)(C)CCO. The van der Waals surface area contributed by atoms with Gasteiger partial charge in [-0.25, -0.2) is 4.98 Å². The standard InChI is InChI=1S/C14H21N3O/c1-14(2,7-8-18)17(4)11-5-6-13-12(9-11)15-10-16(13)3/h5-6,9-10,18H,7-8H2,1-4H3. The van der Waals surface area contributed by atoms with Gasteiger partial charge in [0.1, 0.15) is 0 Å². The quantitative estimate of drug-likeness (QED) is 0.900. The molecule has 0 aliphatic rings. The van der Waals surface area contributed by atoms with Crippen molar-refractivity contribution >= 4 is 16.7 Å². The molecule has 98 valence electrons. The highest BCUT2D eigenvalue weighted by atomic mass is 16.3. The lowest BCUT2D eigenvalue weighted by Gasteiger charge is -2.37. The Morgan fingerprint density at radius 2 is 2.11 bits per heavy atom. The van der Waals surface area contributed by atoms with Crippen molar-refractivity contribution in [2.75, 3.05) is 18.6 Å². The van der Waals surface area contributed by atoms with Gasteiger partial charge in [0.2, 0.25) is 0 Å². The number of fused-ring (bicyclic) bond motifs is 1. The molecule has 0 spiro atoms. The van der Waals surface area contributed by atoms with Crippen LogP contribution in [0.5, 0.6) is 0 Å². The monoisotopic (exact) mass is 247 g/mol. The zero-order valence-corrected chi connectivity index (χ0v) is 11.5. The Morgan fingerprint density at radius 1 is 1.39 bits per heavy atom. The van der Waals surface area contributed by atoms with Crippen molar-refractivity contribution in [3.63, 3.8) is 0 Å². The number of rotatable bonds is 4. The second-order valence-corrected chi connectivity index (χ2v) is 5.37. The van der Waals surface area contributed by atoms with Crippen LogP contribution in [0, 0.1) is 0 Å². The Bertz CT molecular complexity index is 545. The van der Waals surface area contributed by atoms with Gasteiger partial charge in [0.25, 0.3) is 0 Å². The summed E-state index contributed by atoms with van der Waals surface area (Å²) in [5.74, 6) is 0. The van der Waals surface area contributed by atoms with Crippen LogP contribution in [0.1, 0.15) is 20.3 Å². The predicted molar refractivity (Wildman–Crippen MR) is 74.9 cm³/mol. The van der Waals surface area contributed by atoms with Gasteiger partial charge in [0, 0.05) is 31.9 Å². The Kier molecular flexibility index (Phi) is 3.30. The summed E-state index contributed by atoms with van der Waals surface area (Å²) in [5.41, 5.74) is 3.19. The number of hydrogen-bond donors (Lipinski definition) is 1. The molecule has 0 radical (unpaired) electrons. The van der Waals surface area contributed by atoms with E-state index in [9.17, 15) is 0 Å². The van der Waals surface area contributed by atoms with Crippen LogP contribution in [0.3, 0.4) is 0 Å². The number of imidazole rings is 1. The number of anilines is 1. The molecule has 1 N–H and O–H groups in total. The summed E-state index contributed by atoms with van der Waals surface area (Å²) in [4.78, 5) is 6.57. The smallest absolute Gasteiger partial charge is 0.0955 e. The molecule has 1 aromatic carbocycles. The summed E-state index contributed by atoms with van der Waals surface area (Å²) in [6.45, 7) is 4.46. The number of aryl methyl sites for hydroxylation is 1. The Hall–Kier alpha value is -1.55. The van der Waals surface area contributed by atoms with E-state index in [2.05, 4.69) is 49.0 Å². The molecule has 4 heteroatoms.